The highest BCUT2D eigenvalue weighted by atomic mass is 19.1. The van der Waals surface area contributed by atoms with Gasteiger partial charge in [-0.3, -0.25) is 0 Å². The van der Waals surface area contributed by atoms with E-state index in [4.69, 9.17) is 5.73 Å². The van der Waals surface area contributed by atoms with Crippen molar-refractivity contribution < 1.29 is 4.39 Å². The standard InChI is InChI=1S/C12H14FN/c13-9-2-3-10-8(7-9)1-4-11(14)12(10)5-6-12/h2-3,7,11H,1,4-6,14H2. The highest BCUT2D eigenvalue weighted by Gasteiger charge is 2.51. The van der Waals surface area contributed by atoms with Crippen LogP contribution >= 0.6 is 0 Å². The first-order valence-electron chi connectivity index (χ1n) is 5.27. The Hall–Kier alpha value is -0.890. The highest BCUT2D eigenvalue weighted by molar-refractivity contribution is 5.43. The summed E-state index contributed by atoms with van der Waals surface area (Å²) in [6.07, 6.45) is 4.33. The Labute approximate surface area is 83.1 Å². The zero-order valence-corrected chi connectivity index (χ0v) is 8.09. The van der Waals surface area contributed by atoms with Gasteiger partial charge >= 0.3 is 0 Å². The van der Waals surface area contributed by atoms with Crippen LogP contribution in [0.2, 0.25) is 0 Å². The van der Waals surface area contributed by atoms with Crippen LogP contribution in [0.4, 0.5) is 4.39 Å². The lowest BCUT2D eigenvalue weighted by atomic mass is 9.77. The molecule has 2 aliphatic rings. The van der Waals surface area contributed by atoms with Crippen molar-refractivity contribution in [1.29, 1.82) is 0 Å². The molecular formula is C12H14FN. The third-order valence-electron chi connectivity index (χ3n) is 3.83. The molecule has 0 heterocycles. The Bertz CT molecular complexity index is 382. The molecule has 2 heteroatoms. The summed E-state index contributed by atoms with van der Waals surface area (Å²) in [6, 6.07) is 5.48. The molecule has 0 bridgehead atoms. The van der Waals surface area contributed by atoms with Crippen molar-refractivity contribution in [3.63, 3.8) is 0 Å². The molecule has 2 N–H and O–H groups in total. The van der Waals surface area contributed by atoms with Crippen LogP contribution in [0.1, 0.15) is 30.4 Å². The monoisotopic (exact) mass is 191 g/mol. The molecule has 1 fully saturated rings. The van der Waals surface area contributed by atoms with Crippen LogP contribution in [0, 0.1) is 5.82 Å². The molecule has 1 unspecified atom stereocenters. The van der Waals surface area contributed by atoms with Crippen LogP contribution in [-0.2, 0) is 11.8 Å². The van der Waals surface area contributed by atoms with Crippen molar-refractivity contribution in [2.24, 2.45) is 5.73 Å². The topological polar surface area (TPSA) is 26.0 Å². The van der Waals surface area contributed by atoms with Crippen LogP contribution in [0.25, 0.3) is 0 Å². The first-order valence-corrected chi connectivity index (χ1v) is 5.27. The molecule has 0 aliphatic heterocycles. The van der Waals surface area contributed by atoms with Crippen molar-refractivity contribution in [2.45, 2.75) is 37.1 Å². The van der Waals surface area contributed by atoms with Crippen LogP contribution in [0.5, 0.6) is 0 Å². The lowest BCUT2D eigenvalue weighted by molar-refractivity contribution is 0.452. The molecule has 0 radical (unpaired) electrons. The number of hydrogen-bond donors (Lipinski definition) is 1. The van der Waals surface area contributed by atoms with Gasteiger partial charge in [0.15, 0.2) is 0 Å². The zero-order chi connectivity index (χ0) is 9.76. The van der Waals surface area contributed by atoms with Gasteiger partial charge in [-0.25, -0.2) is 4.39 Å². The predicted molar refractivity (Wildman–Crippen MR) is 53.6 cm³/mol. The summed E-state index contributed by atoms with van der Waals surface area (Å²) in [5, 5.41) is 0. The van der Waals surface area contributed by atoms with Crippen LogP contribution in [0.3, 0.4) is 0 Å². The van der Waals surface area contributed by atoms with Gasteiger partial charge in [-0.15, -0.1) is 0 Å². The summed E-state index contributed by atoms with van der Waals surface area (Å²) in [6.45, 7) is 0. The molecule has 1 nitrogen and oxygen atoms in total. The zero-order valence-electron chi connectivity index (χ0n) is 8.09. The van der Waals surface area contributed by atoms with E-state index in [2.05, 4.69) is 0 Å². The summed E-state index contributed by atoms with van der Waals surface area (Å²) in [7, 11) is 0. The second-order valence-electron chi connectivity index (χ2n) is 4.60. The van der Waals surface area contributed by atoms with E-state index in [0.29, 0.717) is 6.04 Å². The fraction of sp³-hybridized carbons (Fsp3) is 0.500. The van der Waals surface area contributed by atoms with Crippen molar-refractivity contribution in [3.8, 4) is 0 Å². The third kappa shape index (κ3) is 0.976. The van der Waals surface area contributed by atoms with Gasteiger partial charge < -0.3 is 5.73 Å². The average molecular weight is 191 g/mol. The van der Waals surface area contributed by atoms with Crippen molar-refractivity contribution in [1.82, 2.24) is 0 Å². The van der Waals surface area contributed by atoms with Gasteiger partial charge in [0.2, 0.25) is 0 Å². The second-order valence-corrected chi connectivity index (χ2v) is 4.60. The molecule has 0 aromatic heterocycles. The number of benzene rings is 1. The van der Waals surface area contributed by atoms with Crippen LogP contribution < -0.4 is 5.73 Å². The van der Waals surface area contributed by atoms with E-state index in [9.17, 15) is 4.39 Å². The quantitative estimate of drug-likeness (QED) is 0.668. The third-order valence-corrected chi connectivity index (χ3v) is 3.83. The molecule has 1 saturated carbocycles. The molecule has 74 valence electrons. The fourth-order valence-corrected chi connectivity index (χ4v) is 2.82. The van der Waals surface area contributed by atoms with E-state index in [-0.39, 0.29) is 11.2 Å². The lowest BCUT2D eigenvalue weighted by Crippen LogP contribution is -2.39. The van der Waals surface area contributed by atoms with Crippen molar-refractivity contribution in [2.75, 3.05) is 0 Å². The molecule has 1 atom stereocenters. The molecule has 1 aromatic rings. The molecule has 2 aliphatic carbocycles. The molecule has 1 spiro atoms. The van der Waals surface area contributed by atoms with Gasteiger partial charge in [0, 0.05) is 11.5 Å². The van der Waals surface area contributed by atoms with Gasteiger partial charge in [-0.1, -0.05) is 6.07 Å². The maximum Gasteiger partial charge on any atom is 0.123 e. The van der Waals surface area contributed by atoms with E-state index < -0.39 is 0 Å². The van der Waals surface area contributed by atoms with E-state index in [1.165, 1.54) is 24.0 Å². The van der Waals surface area contributed by atoms with Crippen LogP contribution in [0.15, 0.2) is 18.2 Å². The number of nitrogens with two attached hydrogens (primary N) is 1. The lowest BCUT2D eigenvalue weighted by Gasteiger charge is -2.31. The molecule has 14 heavy (non-hydrogen) atoms. The first-order chi connectivity index (χ1) is 6.72. The van der Waals surface area contributed by atoms with Crippen molar-refractivity contribution in [3.05, 3.63) is 35.1 Å². The normalized spacial score (nSPS) is 27.4. The number of rotatable bonds is 0. The van der Waals surface area contributed by atoms with Gasteiger partial charge in [-0.2, -0.15) is 0 Å². The summed E-state index contributed by atoms with van der Waals surface area (Å²) < 4.78 is 13.0. The van der Waals surface area contributed by atoms with Gasteiger partial charge in [0.1, 0.15) is 5.82 Å². The maximum atomic E-state index is 13.0. The number of halogens is 1. The summed E-state index contributed by atoms with van der Waals surface area (Å²) >= 11 is 0. The molecular weight excluding hydrogens is 177 g/mol. The Morgan fingerprint density at radius 1 is 1.36 bits per heavy atom. The maximum absolute atomic E-state index is 13.0. The Kier molecular flexibility index (Phi) is 1.55. The minimum Gasteiger partial charge on any atom is -0.327 e. The Morgan fingerprint density at radius 2 is 2.14 bits per heavy atom. The summed E-state index contributed by atoms with van der Waals surface area (Å²) in [5.41, 5.74) is 8.86. The number of hydrogen-bond acceptors (Lipinski definition) is 1. The second kappa shape index (κ2) is 2.57. The minimum absolute atomic E-state index is 0.116. The predicted octanol–water partition coefficient (Wildman–Crippen LogP) is 2.13. The number of aryl methyl sites for hydroxylation is 1. The summed E-state index contributed by atoms with van der Waals surface area (Å²) in [5.74, 6) is -0.116. The van der Waals surface area contributed by atoms with E-state index >= 15 is 0 Å². The van der Waals surface area contributed by atoms with Gasteiger partial charge in [0.05, 0.1) is 0 Å². The molecule has 1 aromatic carbocycles. The van der Waals surface area contributed by atoms with E-state index in [1.807, 2.05) is 6.07 Å². The fourth-order valence-electron chi connectivity index (χ4n) is 2.82. The largest absolute Gasteiger partial charge is 0.327 e. The van der Waals surface area contributed by atoms with Crippen molar-refractivity contribution >= 4 is 0 Å². The molecule has 0 amide bonds. The number of fused-ring (bicyclic) bond motifs is 2. The molecule has 3 rings (SSSR count). The van der Waals surface area contributed by atoms with Gasteiger partial charge in [-0.05, 0) is 48.9 Å². The summed E-state index contributed by atoms with van der Waals surface area (Å²) in [4.78, 5) is 0. The smallest absolute Gasteiger partial charge is 0.123 e. The highest BCUT2D eigenvalue weighted by Crippen LogP contribution is 2.54. The molecule has 0 saturated heterocycles. The first kappa shape index (κ1) is 8.42. The SMILES string of the molecule is NC1CCc2cc(F)ccc2C12CC2. The Morgan fingerprint density at radius 3 is 2.86 bits per heavy atom. The minimum atomic E-state index is -0.116. The van der Waals surface area contributed by atoms with E-state index in [1.54, 1.807) is 12.1 Å². The van der Waals surface area contributed by atoms with Crippen LogP contribution in [-0.4, -0.2) is 6.04 Å². The van der Waals surface area contributed by atoms with E-state index in [0.717, 1.165) is 12.8 Å². The average Bonchev–Trinajstić information content (AvgIpc) is 2.94. The van der Waals surface area contributed by atoms with Gasteiger partial charge in [0.25, 0.3) is 0 Å². The Balaban J connectivity index is 2.14.